The van der Waals surface area contributed by atoms with Gasteiger partial charge in [0.05, 0.1) is 29.8 Å². The number of thiophene rings is 1. The number of fused-ring (bicyclic) bond motifs is 1. The molecule has 3 aromatic rings. The van der Waals surface area contributed by atoms with Crippen molar-refractivity contribution in [2.45, 2.75) is 20.3 Å². The molecular formula is C19H17ClFN3O4S. The Balaban J connectivity index is 2.15. The highest BCUT2D eigenvalue weighted by Crippen LogP contribution is 2.36. The average Bonchev–Trinajstić information content (AvgIpc) is 3.01. The van der Waals surface area contributed by atoms with Gasteiger partial charge >= 0.3 is 11.9 Å². The SMILES string of the molecule is CCOC(=O)c1sc2nc(CC(=O)OC)nc(Nc3ccc(F)cc3Cl)c2c1C. The molecule has 0 saturated carbocycles. The Labute approximate surface area is 174 Å². The summed E-state index contributed by atoms with van der Waals surface area (Å²) in [5.74, 6) is -0.896. The molecule has 0 spiro atoms. The smallest absolute Gasteiger partial charge is 0.348 e. The molecular weight excluding hydrogens is 421 g/mol. The molecule has 0 aliphatic rings. The summed E-state index contributed by atoms with van der Waals surface area (Å²) in [5, 5.41) is 3.80. The fourth-order valence-electron chi connectivity index (χ4n) is 2.66. The average molecular weight is 438 g/mol. The minimum Gasteiger partial charge on any atom is -0.469 e. The van der Waals surface area contributed by atoms with Crippen molar-refractivity contribution in [3.05, 3.63) is 45.3 Å². The number of aromatic nitrogens is 2. The number of carbonyl (C=O) groups excluding carboxylic acids is 2. The minimum absolute atomic E-state index is 0.149. The van der Waals surface area contributed by atoms with E-state index in [1.807, 2.05) is 0 Å². The van der Waals surface area contributed by atoms with Gasteiger partial charge in [-0.25, -0.2) is 19.2 Å². The molecule has 0 radical (unpaired) electrons. The number of aryl methyl sites for hydroxylation is 1. The number of ether oxygens (including phenoxy) is 2. The van der Waals surface area contributed by atoms with Gasteiger partial charge in [-0.05, 0) is 37.6 Å². The van der Waals surface area contributed by atoms with Gasteiger partial charge in [-0.2, -0.15) is 0 Å². The number of esters is 2. The third-order valence-corrected chi connectivity index (χ3v) is 5.49. The van der Waals surface area contributed by atoms with Gasteiger partial charge < -0.3 is 14.8 Å². The van der Waals surface area contributed by atoms with E-state index in [4.69, 9.17) is 16.3 Å². The quantitative estimate of drug-likeness (QED) is 0.570. The number of carbonyl (C=O) groups is 2. The van der Waals surface area contributed by atoms with Crippen LogP contribution in [0.1, 0.15) is 28.0 Å². The van der Waals surface area contributed by atoms with E-state index in [0.29, 0.717) is 32.2 Å². The van der Waals surface area contributed by atoms with Crippen LogP contribution in [0, 0.1) is 12.7 Å². The molecule has 0 bridgehead atoms. The molecule has 0 aliphatic heterocycles. The Bertz CT molecular complexity index is 1100. The first-order valence-electron chi connectivity index (χ1n) is 8.60. The number of hydrogen-bond acceptors (Lipinski definition) is 8. The molecule has 0 atom stereocenters. The van der Waals surface area contributed by atoms with Crippen molar-refractivity contribution in [1.82, 2.24) is 9.97 Å². The maximum Gasteiger partial charge on any atom is 0.348 e. The standard InChI is InChI=1S/C19H17ClFN3O4S/c1-4-28-19(26)16-9(2)15-17(22-12-6-5-10(21)7-11(12)20)23-13(8-14(25)27-3)24-18(15)29-16/h5-7H,4,8H2,1-3H3,(H,22,23,24). The Kier molecular flexibility index (Phi) is 6.29. The first-order valence-corrected chi connectivity index (χ1v) is 9.79. The summed E-state index contributed by atoms with van der Waals surface area (Å²) in [6.45, 7) is 3.71. The molecule has 0 saturated heterocycles. The monoisotopic (exact) mass is 437 g/mol. The molecule has 10 heteroatoms. The van der Waals surface area contributed by atoms with E-state index in [2.05, 4.69) is 20.0 Å². The third kappa shape index (κ3) is 4.46. The van der Waals surface area contributed by atoms with Crippen LogP contribution in [0.25, 0.3) is 10.2 Å². The molecule has 7 nitrogen and oxygen atoms in total. The van der Waals surface area contributed by atoms with Gasteiger partial charge in [0.25, 0.3) is 0 Å². The highest BCUT2D eigenvalue weighted by molar-refractivity contribution is 7.20. The molecule has 29 heavy (non-hydrogen) atoms. The summed E-state index contributed by atoms with van der Waals surface area (Å²) in [6, 6.07) is 3.90. The van der Waals surface area contributed by atoms with Crippen molar-refractivity contribution in [3.8, 4) is 0 Å². The maximum absolute atomic E-state index is 13.4. The summed E-state index contributed by atoms with van der Waals surface area (Å²) in [7, 11) is 1.27. The van der Waals surface area contributed by atoms with E-state index in [0.717, 1.165) is 11.3 Å². The summed E-state index contributed by atoms with van der Waals surface area (Å²) in [5.41, 5.74) is 1.05. The number of rotatable bonds is 6. The third-order valence-electron chi connectivity index (χ3n) is 4.01. The fraction of sp³-hybridized carbons (Fsp3) is 0.263. The van der Waals surface area contributed by atoms with Crippen molar-refractivity contribution in [2.24, 2.45) is 0 Å². The molecule has 0 unspecified atom stereocenters. The predicted octanol–water partition coefficient (Wildman–Crippen LogP) is 4.43. The summed E-state index contributed by atoms with van der Waals surface area (Å²) in [4.78, 5) is 33.7. The van der Waals surface area contributed by atoms with Crippen LogP contribution in [0.2, 0.25) is 5.02 Å². The van der Waals surface area contributed by atoms with Gasteiger partial charge in [0.15, 0.2) is 0 Å². The molecule has 3 rings (SSSR count). The number of halogens is 2. The lowest BCUT2D eigenvalue weighted by Crippen LogP contribution is -2.09. The Morgan fingerprint density at radius 3 is 2.72 bits per heavy atom. The van der Waals surface area contributed by atoms with Crippen LogP contribution in [-0.4, -0.2) is 35.6 Å². The highest BCUT2D eigenvalue weighted by atomic mass is 35.5. The zero-order valence-corrected chi connectivity index (χ0v) is 17.4. The molecule has 0 fully saturated rings. The van der Waals surface area contributed by atoms with Crippen LogP contribution < -0.4 is 5.32 Å². The molecule has 2 aromatic heterocycles. The van der Waals surface area contributed by atoms with Crippen LogP contribution >= 0.6 is 22.9 Å². The largest absolute Gasteiger partial charge is 0.469 e. The van der Waals surface area contributed by atoms with Crippen LogP contribution in [-0.2, 0) is 20.7 Å². The lowest BCUT2D eigenvalue weighted by Gasteiger charge is -2.11. The molecule has 1 N–H and O–H groups in total. The zero-order chi connectivity index (χ0) is 21.1. The molecule has 0 amide bonds. The lowest BCUT2D eigenvalue weighted by molar-refractivity contribution is -0.139. The molecule has 1 aromatic carbocycles. The summed E-state index contributed by atoms with van der Waals surface area (Å²) < 4.78 is 23.2. The first kappa shape index (κ1) is 20.9. The number of nitrogens with zero attached hydrogens (tertiary/aromatic N) is 2. The van der Waals surface area contributed by atoms with E-state index in [1.165, 1.54) is 25.3 Å². The molecule has 2 heterocycles. The second-order valence-electron chi connectivity index (χ2n) is 5.95. The van der Waals surface area contributed by atoms with Crippen molar-refractivity contribution in [2.75, 3.05) is 19.0 Å². The van der Waals surface area contributed by atoms with Gasteiger partial charge in [-0.3, -0.25) is 4.79 Å². The topological polar surface area (TPSA) is 90.4 Å². The van der Waals surface area contributed by atoms with Crippen LogP contribution in [0.15, 0.2) is 18.2 Å². The molecule has 0 aliphatic carbocycles. The van der Waals surface area contributed by atoms with Crippen molar-refractivity contribution < 1.29 is 23.5 Å². The minimum atomic E-state index is -0.506. The highest BCUT2D eigenvalue weighted by Gasteiger charge is 2.22. The van der Waals surface area contributed by atoms with Gasteiger partial charge in [0.1, 0.15) is 33.6 Å². The van der Waals surface area contributed by atoms with Crippen LogP contribution in [0.4, 0.5) is 15.9 Å². The van der Waals surface area contributed by atoms with Crippen molar-refractivity contribution in [1.29, 1.82) is 0 Å². The number of nitrogens with one attached hydrogen (secondary N) is 1. The lowest BCUT2D eigenvalue weighted by atomic mass is 10.2. The number of methoxy groups -OCH3 is 1. The van der Waals surface area contributed by atoms with Crippen LogP contribution in [0.3, 0.4) is 0 Å². The van der Waals surface area contributed by atoms with E-state index in [9.17, 15) is 14.0 Å². The number of benzene rings is 1. The second kappa shape index (κ2) is 8.71. The maximum atomic E-state index is 13.4. The van der Waals surface area contributed by atoms with Crippen molar-refractivity contribution >= 4 is 56.6 Å². The van der Waals surface area contributed by atoms with E-state index in [1.54, 1.807) is 13.8 Å². The summed E-state index contributed by atoms with van der Waals surface area (Å²) in [6.07, 6.45) is -0.149. The van der Waals surface area contributed by atoms with Gasteiger partial charge in [-0.15, -0.1) is 11.3 Å². The Hall–Kier alpha value is -2.78. The Morgan fingerprint density at radius 2 is 2.07 bits per heavy atom. The number of hydrogen-bond donors (Lipinski definition) is 1. The fourth-order valence-corrected chi connectivity index (χ4v) is 3.97. The van der Waals surface area contributed by atoms with Gasteiger partial charge in [0, 0.05) is 0 Å². The first-order chi connectivity index (χ1) is 13.8. The van der Waals surface area contributed by atoms with E-state index < -0.39 is 17.8 Å². The van der Waals surface area contributed by atoms with E-state index >= 15 is 0 Å². The molecule has 152 valence electrons. The van der Waals surface area contributed by atoms with E-state index in [-0.39, 0.29) is 23.9 Å². The number of anilines is 2. The Morgan fingerprint density at radius 1 is 1.31 bits per heavy atom. The summed E-state index contributed by atoms with van der Waals surface area (Å²) >= 11 is 7.26. The zero-order valence-electron chi connectivity index (χ0n) is 15.8. The van der Waals surface area contributed by atoms with Crippen LogP contribution in [0.5, 0.6) is 0 Å². The predicted molar refractivity (Wildman–Crippen MR) is 109 cm³/mol. The van der Waals surface area contributed by atoms with Gasteiger partial charge in [0.2, 0.25) is 0 Å². The second-order valence-corrected chi connectivity index (χ2v) is 7.35. The van der Waals surface area contributed by atoms with Gasteiger partial charge in [-0.1, -0.05) is 11.6 Å². The normalized spacial score (nSPS) is 10.8. The van der Waals surface area contributed by atoms with Crippen molar-refractivity contribution in [3.63, 3.8) is 0 Å².